The lowest BCUT2D eigenvalue weighted by Crippen LogP contribution is -2.45. The summed E-state index contributed by atoms with van der Waals surface area (Å²) in [7, 11) is 1.35. The highest BCUT2D eigenvalue weighted by molar-refractivity contribution is 7.80. The Hall–Kier alpha value is -1.69. The Morgan fingerprint density at radius 2 is 2.26 bits per heavy atom. The van der Waals surface area contributed by atoms with E-state index in [0.717, 1.165) is 12.8 Å². The van der Waals surface area contributed by atoms with Crippen molar-refractivity contribution in [3.8, 4) is 5.75 Å². The van der Waals surface area contributed by atoms with Crippen LogP contribution in [0.2, 0.25) is 0 Å². The fourth-order valence-electron chi connectivity index (χ4n) is 1.88. The summed E-state index contributed by atoms with van der Waals surface area (Å²) < 4.78 is 18.1. The zero-order valence-electron chi connectivity index (χ0n) is 10.5. The Morgan fingerprint density at radius 3 is 2.79 bits per heavy atom. The summed E-state index contributed by atoms with van der Waals surface area (Å²) in [5, 5.41) is 2.78. The molecule has 0 bridgehead atoms. The largest absolute Gasteiger partial charge is 0.494 e. The van der Waals surface area contributed by atoms with Crippen molar-refractivity contribution < 1.29 is 13.9 Å². The Kier molecular flexibility index (Phi) is 3.99. The summed E-state index contributed by atoms with van der Waals surface area (Å²) in [5.41, 5.74) is 5.94. The molecule has 1 aliphatic carbocycles. The van der Waals surface area contributed by atoms with Crippen molar-refractivity contribution in [3.63, 3.8) is 0 Å². The van der Waals surface area contributed by atoms with Gasteiger partial charge in [-0.2, -0.15) is 0 Å². The highest BCUT2D eigenvalue weighted by atomic mass is 32.1. The third kappa shape index (κ3) is 3.20. The van der Waals surface area contributed by atoms with E-state index < -0.39 is 5.82 Å². The van der Waals surface area contributed by atoms with Gasteiger partial charge in [0, 0.05) is 5.56 Å². The third-order valence-corrected chi connectivity index (χ3v) is 3.35. The molecule has 102 valence electrons. The number of hydrogen-bond donors (Lipinski definition) is 2. The van der Waals surface area contributed by atoms with Crippen molar-refractivity contribution in [3.05, 3.63) is 29.6 Å². The number of ether oxygens (including phenoxy) is 1. The molecular formula is C13H15FN2O2S. The highest BCUT2D eigenvalue weighted by Crippen LogP contribution is 2.33. The average Bonchev–Trinajstić information content (AvgIpc) is 3.20. The van der Waals surface area contributed by atoms with Crippen molar-refractivity contribution in [2.45, 2.75) is 18.9 Å². The van der Waals surface area contributed by atoms with Crippen LogP contribution in [0.4, 0.5) is 4.39 Å². The molecule has 6 heteroatoms. The van der Waals surface area contributed by atoms with Crippen molar-refractivity contribution >= 4 is 23.1 Å². The van der Waals surface area contributed by atoms with Gasteiger partial charge in [-0.25, -0.2) is 4.39 Å². The molecule has 0 heterocycles. The van der Waals surface area contributed by atoms with Crippen LogP contribution < -0.4 is 15.8 Å². The molecule has 1 unspecified atom stereocenters. The molecule has 0 aliphatic heterocycles. The number of hydrogen-bond acceptors (Lipinski definition) is 3. The van der Waals surface area contributed by atoms with Gasteiger partial charge < -0.3 is 15.8 Å². The Balaban J connectivity index is 2.12. The Bertz CT molecular complexity index is 517. The van der Waals surface area contributed by atoms with Crippen molar-refractivity contribution in [2.24, 2.45) is 11.7 Å². The minimum absolute atomic E-state index is 0.0333. The molecule has 1 amide bonds. The maximum Gasteiger partial charge on any atom is 0.251 e. The van der Waals surface area contributed by atoms with E-state index in [9.17, 15) is 9.18 Å². The predicted molar refractivity (Wildman–Crippen MR) is 73.7 cm³/mol. The first-order chi connectivity index (χ1) is 9.02. The van der Waals surface area contributed by atoms with Gasteiger partial charge in [-0.15, -0.1) is 0 Å². The van der Waals surface area contributed by atoms with Crippen LogP contribution in [0, 0.1) is 11.7 Å². The number of halogens is 1. The predicted octanol–water partition coefficient (Wildman–Crippen LogP) is 1.63. The first-order valence-electron chi connectivity index (χ1n) is 5.96. The number of carbonyl (C=O) groups excluding carboxylic acids is 1. The summed E-state index contributed by atoms with van der Waals surface area (Å²) in [6.45, 7) is 0. The number of nitrogens with two attached hydrogens (primary N) is 1. The second kappa shape index (κ2) is 5.52. The van der Waals surface area contributed by atoms with Crippen LogP contribution >= 0.6 is 12.2 Å². The quantitative estimate of drug-likeness (QED) is 0.806. The number of methoxy groups -OCH3 is 1. The number of thiocarbonyl (C=S) groups is 1. The highest BCUT2D eigenvalue weighted by Gasteiger charge is 2.34. The topological polar surface area (TPSA) is 64.3 Å². The van der Waals surface area contributed by atoms with Gasteiger partial charge >= 0.3 is 0 Å². The van der Waals surface area contributed by atoms with E-state index in [1.807, 2.05) is 0 Å². The molecule has 0 saturated heterocycles. The SMILES string of the molecule is COc1cc(C(=O)NC(C(N)=S)C2CC2)ccc1F. The maximum absolute atomic E-state index is 13.3. The van der Waals surface area contributed by atoms with Crippen molar-refractivity contribution in [1.82, 2.24) is 5.32 Å². The van der Waals surface area contributed by atoms with E-state index >= 15 is 0 Å². The van der Waals surface area contributed by atoms with Gasteiger partial charge in [-0.3, -0.25) is 4.79 Å². The maximum atomic E-state index is 13.3. The van der Waals surface area contributed by atoms with Gasteiger partial charge in [0.25, 0.3) is 5.91 Å². The Morgan fingerprint density at radius 1 is 1.58 bits per heavy atom. The normalized spacial score (nSPS) is 15.7. The van der Waals surface area contributed by atoms with Crippen LogP contribution in [-0.4, -0.2) is 24.0 Å². The molecule has 1 atom stereocenters. The van der Waals surface area contributed by atoms with Crippen molar-refractivity contribution in [1.29, 1.82) is 0 Å². The average molecular weight is 282 g/mol. The van der Waals surface area contributed by atoms with E-state index in [4.69, 9.17) is 22.7 Å². The van der Waals surface area contributed by atoms with Crippen LogP contribution in [0.25, 0.3) is 0 Å². The molecule has 4 nitrogen and oxygen atoms in total. The molecule has 3 N–H and O–H groups in total. The molecule has 19 heavy (non-hydrogen) atoms. The third-order valence-electron chi connectivity index (χ3n) is 3.10. The Labute approximate surface area is 116 Å². The fourth-order valence-corrected chi connectivity index (χ4v) is 2.13. The standard InChI is InChI=1S/C13H15FN2O2S/c1-18-10-6-8(4-5-9(10)14)13(17)16-11(12(15)19)7-2-3-7/h4-7,11H,2-3H2,1H3,(H2,15,19)(H,16,17). The van der Waals surface area contributed by atoms with Gasteiger partial charge in [0.1, 0.15) is 0 Å². The molecular weight excluding hydrogens is 267 g/mol. The first-order valence-corrected chi connectivity index (χ1v) is 6.37. The number of rotatable bonds is 5. The van der Waals surface area contributed by atoms with Crippen LogP contribution in [-0.2, 0) is 0 Å². The van der Waals surface area contributed by atoms with Gasteiger partial charge in [-0.05, 0) is 37.0 Å². The van der Waals surface area contributed by atoms with Crippen LogP contribution in [0.15, 0.2) is 18.2 Å². The zero-order chi connectivity index (χ0) is 14.0. The van der Waals surface area contributed by atoms with E-state index in [2.05, 4.69) is 5.32 Å². The molecule has 1 aromatic rings. The fraction of sp³-hybridized carbons (Fsp3) is 0.385. The molecule has 1 aromatic carbocycles. The van der Waals surface area contributed by atoms with E-state index in [0.29, 0.717) is 11.5 Å². The van der Waals surface area contributed by atoms with Crippen LogP contribution in [0.1, 0.15) is 23.2 Å². The van der Waals surface area contributed by atoms with E-state index in [-0.39, 0.29) is 22.7 Å². The molecule has 0 aromatic heterocycles. The minimum atomic E-state index is -0.507. The molecule has 1 saturated carbocycles. The smallest absolute Gasteiger partial charge is 0.251 e. The van der Waals surface area contributed by atoms with Gasteiger partial charge in [0.15, 0.2) is 11.6 Å². The second-order valence-corrected chi connectivity index (χ2v) is 5.01. The van der Waals surface area contributed by atoms with Crippen LogP contribution in [0.5, 0.6) is 5.75 Å². The molecule has 0 radical (unpaired) electrons. The molecule has 1 fully saturated rings. The lowest BCUT2D eigenvalue weighted by atomic mass is 10.1. The number of nitrogens with one attached hydrogen (secondary N) is 1. The van der Waals surface area contributed by atoms with Gasteiger partial charge in [0.05, 0.1) is 18.1 Å². The van der Waals surface area contributed by atoms with Gasteiger partial charge in [-0.1, -0.05) is 12.2 Å². The lowest BCUT2D eigenvalue weighted by Gasteiger charge is -2.17. The van der Waals surface area contributed by atoms with Crippen LogP contribution in [0.3, 0.4) is 0 Å². The summed E-state index contributed by atoms with van der Waals surface area (Å²) in [6.07, 6.45) is 2.02. The number of carbonyl (C=O) groups is 1. The van der Waals surface area contributed by atoms with Crippen molar-refractivity contribution in [2.75, 3.05) is 7.11 Å². The summed E-state index contributed by atoms with van der Waals surface area (Å²) in [4.78, 5) is 12.3. The van der Waals surface area contributed by atoms with E-state index in [1.165, 1.54) is 25.3 Å². The zero-order valence-corrected chi connectivity index (χ0v) is 11.3. The monoisotopic (exact) mass is 282 g/mol. The number of amides is 1. The molecule has 1 aliphatic rings. The minimum Gasteiger partial charge on any atom is -0.494 e. The molecule has 2 rings (SSSR count). The second-order valence-electron chi connectivity index (χ2n) is 4.54. The van der Waals surface area contributed by atoms with Gasteiger partial charge in [0.2, 0.25) is 0 Å². The van der Waals surface area contributed by atoms with E-state index in [1.54, 1.807) is 0 Å². The summed E-state index contributed by atoms with van der Waals surface area (Å²) >= 11 is 4.95. The number of benzene rings is 1. The first kappa shape index (κ1) is 13.7. The molecule has 0 spiro atoms. The lowest BCUT2D eigenvalue weighted by molar-refractivity contribution is 0.0943. The summed E-state index contributed by atoms with van der Waals surface area (Å²) in [5.74, 6) is -0.482. The summed E-state index contributed by atoms with van der Waals surface area (Å²) in [6, 6.07) is 3.66.